The standard InChI is InChI=1S/C23H22Cl2N4O6S4/c1-38(32,33)26-20(30)7-9-28-16-11-14(24)3-5-18(16)36-22(28)13-23-29(10-8-21(31)27-39(2,34)35)17-12-15(25)4-6-19(17)37-23/h3-6,11-13H,7-10H2,1-2H3,(H-,26,27,30,31,32,33)/p+1. The first-order chi connectivity index (χ1) is 18.2. The van der Waals surface area contributed by atoms with E-state index in [1.807, 2.05) is 32.4 Å². The Morgan fingerprint density at radius 2 is 1.79 bits per heavy atom. The summed E-state index contributed by atoms with van der Waals surface area (Å²) in [7, 11) is -7.25. The van der Waals surface area contributed by atoms with Crippen molar-refractivity contribution in [2.75, 3.05) is 24.0 Å². The molecule has 39 heavy (non-hydrogen) atoms. The number of anilines is 1. The van der Waals surface area contributed by atoms with Gasteiger partial charge in [0.15, 0.2) is 16.6 Å². The number of thioether (sulfide) groups is 1. The molecule has 1 aromatic heterocycles. The van der Waals surface area contributed by atoms with E-state index < -0.39 is 31.8 Å². The minimum Gasteiger partial charge on any atom is -0.334 e. The molecule has 1 unspecified atom stereocenters. The Morgan fingerprint density at radius 3 is 2.49 bits per heavy atom. The first-order valence-corrected chi connectivity index (χ1v) is 17.4. The summed E-state index contributed by atoms with van der Waals surface area (Å²) in [6.07, 6.45) is 3.60. The minimum absolute atomic E-state index is 0.0909. The number of carbonyl (C=O) groups excluding carboxylic acids is 2. The summed E-state index contributed by atoms with van der Waals surface area (Å²) in [5.74, 6) is -1.34. The molecule has 0 fully saturated rings. The Balaban J connectivity index is 1.72. The number of aromatic nitrogens is 1. The van der Waals surface area contributed by atoms with E-state index in [1.165, 1.54) is 23.1 Å². The van der Waals surface area contributed by atoms with E-state index in [2.05, 4.69) is 4.36 Å². The molecule has 0 saturated carbocycles. The van der Waals surface area contributed by atoms with Crippen molar-refractivity contribution in [3.05, 3.63) is 56.5 Å². The van der Waals surface area contributed by atoms with E-state index in [4.69, 9.17) is 23.2 Å². The number of carbonyl (C=O) groups is 2. The zero-order valence-electron chi connectivity index (χ0n) is 20.6. The zero-order chi connectivity index (χ0) is 28.5. The molecular weight excluding hydrogens is 627 g/mol. The van der Waals surface area contributed by atoms with Crippen molar-refractivity contribution >= 4 is 100 Å². The lowest BCUT2D eigenvalue weighted by molar-refractivity contribution is -0.667. The molecule has 2 heterocycles. The number of hydrogen-bond acceptors (Lipinski definition) is 8. The number of sulfonamides is 1. The summed E-state index contributed by atoms with van der Waals surface area (Å²) >= 11 is 15.4. The van der Waals surface area contributed by atoms with E-state index in [1.54, 1.807) is 24.3 Å². The van der Waals surface area contributed by atoms with Crippen molar-refractivity contribution in [1.82, 2.24) is 4.72 Å². The Kier molecular flexibility index (Phi) is 8.95. The fourth-order valence-corrected chi connectivity index (χ4v) is 7.45. The summed E-state index contributed by atoms with van der Waals surface area (Å²) < 4.78 is 52.0. The van der Waals surface area contributed by atoms with Crippen LogP contribution < -0.4 is 14.2 Å². The van der Waals surface area contributed by atoms with Crippen molar-refractivity contribution < 1.29 is 31.3 Å². The van der Waals surface area contributed by atoms with Crippen LogP contribution in [0.1, 0.15) is 17.8 Å². The van der Waals surface area contributed by atoms with Crippen LogP contribution in [-0.2, 0) is 36.2 Å². The second-order valence-electron chi connectivity index (χ2n) is 8.60. The Hall–Kier alpha value is -2.20. The van der Waals surface area contributed by atoms with E-state index in [0.717, 1.165) is 43.3 Å². The van der Waals surface area contributed by atoms with Crippen molar-refractivity contribution in [3.63, 3.8) is 0 Å². The van der Waals surface area contributed by atoms with Gasteiger partial charge < -0.3 is 9.45 Å². The molecule has 0 bridgehead atoms. The molecule has 0 radical (unpaired) electrons. The molecule has 208 valence electrons. The van der Waals surface area contributed by atoms with Gasteiger partial charge in [-0.25, -0.2) is 12.6 Å². The number of fused-ring (bicyclic) bond motifs is 2. The average molecular weight is 651 g/mol. The third kappa shape index (κ3) is 7.93. The monoisotopic (exact) mass is 649 g/mol. The lowest BCUT2D eigenvalue weighted by Gasteiger charge is -2.20. The number of aryl methyl sites for hydroxylation is 1. The summed E-state index contributed by atoms with van der Waals surface area (Å²) in [6.45, 7) is 0.362. The molecule has 1 aliphatic heterocycles. The first kappa shape index (κ1) is 29.8. The van der Waals surface area contributed by atoms with Gasteiger partial charge in [0.2, 0.25) is 21.4 Å². The highest BCUT2D eigenvalue weighted by atomic mass is 35.5. The van der Waals surface area contributed by atoms with Crippen LogP contribution in [0.25, 0.3) is 16.3 Å². The average Bonchev–Trinajstić information content (AvgIpc) is 3.30. The number of nitrogens with one attached hydrogen (secondary N) is 1. The number of rotatable bonds is 8. The molecule has 10 nitrogen and oxygen atoms in total. The second kappa shape index (κ2) is 11.7. The van der Waals surface area contributed by atoms with Gasteiger partial charge in [-0.1, -0.05) is 46.3 Å². The van der Waals surface area contributed by atoms with Gasteiger partial charge in [-0.05, 0) is 30.3 Å². The smallest absolute Gasteiger partial charge is 0.265 e. The summed E-state index contributed by atoms with van der Waals surface area (Å²) in [4.78, 5) is 27.3. The van der Waals surface area contributed by atoms with Crippen LogP contribution in [0.3, 0.4) is 0 Å². The molecule has 1 atom stereocenters. The fraction of sp³-hybridized carbons (Fsp3) is 0.261. The van der Waals surface area contributed by atoms with Gasteiger partial charge in [-0.15, -0.1) is 4.36 Å². The van der Waals surface area contributed by atoms with E-state index in [0.29, 0.717) is 10.0 Å². The molecule has 1 aliphatic rings. The maximum atomic E-state index is 12.2. The van der Waals surface area contributed by atoms with Gasteiger partial charge in [0.1, 0.15) is 4.70 Å². The predicted octanol–water partition coefficient (Wildman–Crippen LogP) is 4.36. The van der Waals surface area contributed by atoms with Gasteiger partial charge in [0, 0.05) is 40.2 Å². The van der Waals surface area contributed by atoms with E-state index >= 15 is 0 Å². The highest BCUT2D eigenvalue weighted by Gasteiger charge is 2.29. The predicted molar refractivity (Wildman–Crippen MR) is 156 cm³/mol. The number of amides is 2. The van der Waals surface area contributed by atoms with Crippen LogP contribution in [0.15, 0.2) is 50.7 Å². The molecule has 2 amide bonds. The molecule has 0 saturated heterocycles. The zero-order valence-corrected chi connectivity index (χ0v) is 25.4. The Labute approximate surface area is 244 Å². The lowest BCUT2D eigenvalue weighted by atomic mass is 10.2. The van der Waals surface area contributed by atoms with Crippen LogP contribution in [0.2, 0.25) is 10.0 Å². The fourth-order valence-electron chi connectivity index (χ4n) is 3.84. The van der Waals surface area contributed by atoms with Crippen molar-refractivity contribution in [3.8, 4) is 0 Å². The number of halogens is 2. The molecule has 3 aromatic rings. The molecule has 2 aromatic carbocycles. The summed E-state index contributed by atoms with van der Waals surface area (Å²) in [6, 6.07) is 10.8. The number of nitrogens with zero attached hydrogens (tertiary/aromatic N) is 3. The summed E-state index contributed by atoms with van der Waals surface area (Å²) in [5, 5.41) is 2.53. The summed E-state index contributed by atoms with van der Waals surface area (Å²) in [5.41, 5.74) is 1.55. The maximum Gasteiger partial charge on any atom is 0.265 e. The lowest BCUT2D eigenvalue weighted by Crippen LogP contribution is -2.36. The van der Waals surface area contributed by atoms with Crippen LogP contribution >= 0.6 is 46.3 Å². The third-order valence-corrected chi connectivity index (χ3v) is 9.15. The molecule has 0 spiro atoms. The van der Waals surface area contributed by atoms with Gasteiger partial charge in [-0.3, -0.25) is 14.3 Å². The van der Waals surface area contributed by atoms with Gasteiger partial charge in [0.25, 0.3) is 10.9 Å². The van der Waals surface area contributed by atoms with Crippen molar-refractivity contribution in [2.45, 2.75) is 24.3 Å². The molecule has 4 rings (SSSR count). The van der Waals surface area contributed by atoms with E-state index in [9.17, 15) is 26.8 Å². The van der Waals surface area contributed by atoms with Crippen LogP contribution in [0.4, 0.5) is 5.69 Å². The van der Waals surface area contributed by atoms with Crippen molar-refractivity contribution in [2.24, 2.45) is 4.36 Å². The second-order valence-corrected chi connectivity index (χ2v) is 15.1. The molecular formula is C23H23Cl2N4O6S4+. The topological polar surface area (TPSA) is 137 Å². The first-order valence-electron chi connectivity index (χ1n) is 11.2. The number of benzene rings is 2. The molecule has 16 heteroatoms. The van der Waals surface area contributed by atoms with Gasteiger partial charge >= 0.3 is 0 Å². The van der Waals surface area contributed by atoms with Crippen LogP contribution in [0, 0.1) is 0 Å². The Morgan fingerprint density at radius 1 is 1.10 bits per heavy atom. The van der Waals surface area contributed by atoms with Crippen LogP contribution in [0.5, 0.6) is 0 Å². The molecule has 0 aliphatic carbocycles. The highest BCUT2D eigenvalue weighted by Crippen LogP contribution is 2.47. The minimum atomic E-state index is -3.69. The van der Waals surface area contributed by atoms with E-state index in [-0.39, 0.29) is 25.9 Å². The van der Waals surface area contributed by atoms with Crippen molar-refractivity contribution in [1.29, 1.82) is 0 Å². The van der Waals surface area contributed by atoms with Gasteiger partial charge in [-0.2, -0.15) is 4.57 Å². The third-order valence-electron chi connectivity index (χ3n) is 5.31. The number of hydrogen-bond donors (Lipinski definition) is 2. The van der Waals surface area contributed by atoms with Gasteiger partial charge in [0.05, 0.1) is 29.5 Å². The highest BCUT2D eigenvalue weighted by molar-refractivity contribution is 8.04. The Bertz CT molecular complexity index is 1740. The maximum absolute atomic E-state index is 12.2. The number of thiazole rings is 1. The SMILES string of the molecule is CS(=O)(=O)NC(=O)CCN1C(=Cc2sc3ccc(Cl)cc3[n+]2CCC(=O)N=S(C)(=O)O)Sc2ccc(Cl)cc21. The van der Waals surface area contributed by atoms with Crippen LogP contribution in [-0.4, -0.2) is 48.1 Å². The largest absolute Gasteiger partial charge is 0.334 e. The quantitative estimate of drug-likeness (QED) is 0.344. The molecule has 2 N–H and O–H groups in total. The normalized spacial score (nSPS) is 15.8.